The molecule has 0 amide bonds. The number of primary sulfonamides is 1. The first-order valence-electron chi connectivity index (χ1n) is 6.55. The average molecular weight is 331 g/mol. The maximum Gasteiger partial charge on any atom is 0.238 e. The Balaban J connectivity index is 2.00. The van der Waals surface area contributed by atoms with Crippen molar-refractivity contribution in [3.05, 3.63) is 48.5 Å². The van der Waals surface area contributed by atoms with E-state index in [0.29, 0.717) is 11.4 Å². The molecule has 3 rings (SSSR count). The second-order valence-corrected chi connectivity index (χ2v) is 6.24. The number of methoxy groups -OCH3 is 1. The van der Waals surface area contributed by atoms with E-state index in [1.165, 1.54) is 12.1 Å². The van der Waals surface area contributed by atoms with Crippen LogP contribution in [0.4, 0.5) is 0 Å². The first-order valence-corrected chi connectivity index (χ1v) is 8.10. The summed E-state index contributed by atoms with van der Waals surface area (Å²) >= 11 is 0. The Hall–Kier alpha value is -2.78. The molecule has 1 aromatic heterocycles. The molecule has 0 spiro atoms. The van der Waals surface area contributed by atoms with E-state index in [0.717, 1.165) is 11.4 Å². The molecule has 2 aromatic carbocycles. The summed E-state index contributed by atoms with van der Waals surface area (Å²) in [5.41, 5.74) is 1.42. The molecule has 0 atom stereocenters. The SMILES string of the molecule is COc1ccc(-n2nnnc2-c2ccc(S(N)(=O)=O)cc2)cc1. The number of tetrazole rings is 1. The summed E-state index contributed by atoms with van der Waals surface area (Å²) in [6.45, 7) is 0. The molecule has 0 aliphatic rings. The minimum absolute atomic E-state index is 0.0321. The molecule has 0 bridgehead atoms. The van der Waals surface area contributed by atoms with Gasteiger partial charge in [0.1, 0.15) is 5.75 Å². The first-order chi connectivity index (χ1) is 11.0. The second-order valence-electron chi connectivity index (χ2n) is 4.68. The van der Waals surface area contributed by atoms with Gasteiger partial charge in [-0.3, -0.25) is 0 Å². The standard InChI is InChI=1S/C14H13N5O3S/c1-22-12-6-4-11(5-7-12)19-14(16-17-18-19)10-2-8-13(9-3-10)23(15,20)21/h2-9H,1H3,(H2,15,20,21). The van der Waals surface area contributed by atoms with Crippen LogP contribution in [0.25, 0.3) is 17.1 Å². The molecule has 9 heteroatoms. The van der Waals surface area contributed by atoms with Crippen LogP contribution in [0, 0.1) is 0 Å². The summed E-state index contributed by atoms with van der Waals surface area (Å²) in [6, 6.07) is 13.3. The van der Waals surface area contributed by atoms with Gasteiger partial charge in [-0.2, -0.15) is 4.68 Å². The molecule has 2 N–H and O–H groups in total. The number of ether oxygens (including phenoxy) is 1. The minimum atomic E-state index is -3.73. The van der Waals surface area contributed by atoms with Crippen molar-refractivity contribution >= 4 is 10.0 Å². The lowest BCUT2D eigenvalue weighted by Crippen LogP contribution is -2.11. The van der Waals surface area contributed by atoms with E-state index in [-0.39, 0.29) is 4.90 Å². The van der Waals surface area contributed by atoms with Gasteiger partial charge in [0.2, 0.25) is 10.0 Å². The number of rotatable bonds is 4. The molecule has 0 fully saturated rings. The smallest absolute Gasteiger partial charge is 0.238 e. The molecule has 118 valence electrons. The Morgan fingerprint density at radius 3 is 2.26 bits per heavy atom. The molecular formula is C14H13N5O3S. The Kier molecular flexibility index (Phi) is 3.80. The lowest BCUT2D eigenvalue weighted by Gasteiger charge is -2.06. The molecule has 0 unspecified atom stereocenters. The molecule has 0 aliphatic carbocycles. The van der Waals surface area contributed by atoms with Gasteiger partial charge >= 0.3 is 0 Å². The second kappa shape index (κ2) is 5.78. The van der Waals surface area contributed by atoms with Gasteiger partial charge in [-0.1, -0.05) is 0 Å². The van der Waals surface area contributed by atoms with Gasteiger partial charge in [0.25, 0.3) is 0 Å². The molecule has 23 heavy (non-hydrogen) atoms. The third-order valence-electron chi connectivity index (χ3n) is 3.23. The molecule has 0 saturated heterocycles. The van der Waals surface area contributed by atoms with Gasteiger partial charge < -0.3 is 4.74 Å². The Morgan fingerprint density at radius 1 is 1.04 bits per heavy atom. The lowest BCUT2D eigenvalue weighted by molar-refractivity contribution is 0.414. The van der Waals surface area contributed by atoms with E-state index in [4.69, 9.17) is 9.88 Å². The summed E-state index contributed by atoms with van der Waals surface area (Å²) in [7, 11) is -2.14. The predicted molar refractivity (Wildman–Crippen MR) is 82.5 cm³/mol. The zero-order valence-electron chi connectivity index (χ0n) is 12.1. The summed E-state index contributed by atoms with van der Waals surface area (Å²) in [4.78, 5) is 0.0321. The van der Waals surface area contributed by atoms with E-state index in [1.54, 1.807) is 36.1 Å². The number of hydrogen-bond acceptors (Lipinski definition) is 6. The van der Waals surface area contributed by atoms with Gasteiger partial charge in [0, 0.05) is 5.56 Å². The third-order valence-corrected chi connectivity index (χ3v) is 4.16. The predicted octanol–water partition coefficient (Wildman–Crippen LogP) is 0.985. The quantitative estimate of drug-likeness (QED) is 0.762. The van der Waals surface area contributed by atoms with E-state index >= 15 is 0 Å². The molecule has 0 aliphatic heterocycles. The summed E-state index contributed by atoms with van der Waals surface area (Å²) in [5.74, 6) is 1.21. The van der Waals surface area contributed by atoms with Crippen LogP contribution in [0.1, 0.15) is 0 Å². The minimum Gasteiger partial charge on any atom is -0.497 e. The largest absolute Gasteiger partial charge is 0.497 e. The van der Waals surface area contributed by atoms with Crippen molar-refractivity contribution in [3.8, 4) is 22.8 Å². The number of sulfonamides is 1. The van der Waals surface area contributed by atoms with E-state index in [2.05, 4.69) is 15.5 Å². The molecular weight excluding hydrogens is 318 g/mol. The van der Waals surface area contributed by atoms with Crippen LogP contribution in [0.15, 0.2) is 53.4 Å². The van der Waals surface area contributed by atoms with Crippen molar-refractivity contribution in [2.45, 2.75) is 4.90 Å². The van der Waals surface area contributed by atoms with Crippen LogP contribution in [0.2, 0.25) is 0 Å². The van der Waals surface area contributed by atoms with Crippen molar-refractivity contribution in [1.82, 2.24) is 20.2 Å². The van der Waals surface area contributed by atoms with Crippen LogP contribution in [0.3, 0.4) is 0 Å². The van der Waals surface area contributed by atoms with E-state index in [1.807, 2.05) is 12.1 Å². The summed E-state index contributed by atoms with van der Waals surface area (Å²) in [5, 5.41) is 16.7. The molecule has 3 aromatic rings. The highest BCUT2D eigenvalue weighted by molar-refractivity contribution is 7.89. The number of nitrogens with zero attached hydrogens (tertiary/aromatic N) is 4. The van der Waals surface area contributed by atoms with Crippen LogP contribution >= 0.6 is 0 Å². The van der Waals surface area contributed by atoms with Crippen LogP contribution < -0.4 is 9.88 Å². The number of hydrogen-bond donors (Lipinski definition) is 1. The third kappa shape index (κ3) is 3.05. The number of aromatic nitrogens is 4. The highest BCUT2D eigenvalue weighted by Crippen LogP contribution is 2.22. The maximum absolute atomic E-state index is 11.3. The summed E-state index contributed by atoms with van der Waals surface area (Å²) < 4.78 is 29.3. The Labute approximate surface area is 132 Å². The molecule has 0 saturated carbocycles. The van der Waals surface area contributed by atoms with Gasteiger partial charge in [0.15, 0.2) is 5.82 Å². The molecule has 8 nitrogen and oxygen atoms in total. The fourth-order valence-electron chi connectivity index (χ4n) is 2.06. The highest BCUT2D eigenvalue weighted by atomic mass is 32.2. The fourth-order valence-corrected chi connectivity index (χ4v) is 2.57. The average Bonchev–Trinajstić information content (AvgIpc) is 3.04. The fraction of sp³-hybridized carbons (Fsp3) is 0.0714. The zero-order valence-corrected chi connectivity index (χ0v) is 12.9. The van der Waals surface area contributed by atoms with Gasteiger partial charge in [-0.25, -0.2) is 13.6 Å². The monoisotopic (exact) mass is 331 g/mol. The number of benzene rings is 2. The summed E-state index contributed by atoms with van der Waals surface area (Å²) in [6.07, 6.45) is 0. The van der Waals surface area contributed by atoms with Crippen LogP contribution in [-0.2, 0) is 10.0 Å². The molecule has 1 heterocycles. The van der Waals surface area contributed by atoms with Crippen LogP contribution in [0.5, 0.6) is 5.75 Å². The van der Waals surface area contributed by atoms with Crippen molar-refractivity contribution in [3.63, 3.8) is 0 Å². The zero-order chi connectivity index (χ0) is 16.4. The first kappa shape index (κ1) is 15.1. The maximum atomic E-state index is 11.3. The number of nitrogens with two attached hydrogens (primary N) is 1. The van der Waals surface area contributed by atoms with Gasteiger partial charge in [0.05, 0.1) is 17.7 Å². The Morgan fingerprint density at radius 2 is 1.70 bits per heavy atom. The van der Waals surface area contributed by atoms with Gasteiger partial charge in [-0.15, -0.1) is 5.10 Å². The van der Waals surface area contributed by atoms with E-state index in [9.17, 15) is 8.42 Å². The van der Waals surface area contributed by atoms with Crippen molar-refractivity contribution in [2.24, 2.45) is 5.14 Å². The van der Waals surface area contributed by atoms with Crippen LogP contribution in [-0.4, -0.2) is 35.7 Å². The van der Waals surface area contributed by atoms with Gasteiger partial charge in [-0.05, 0) is 59.0 Å². The van der Waals surface area contributed by atoms with Crippen molar-refractivity contribution in [2.75, 3.05) is 7.11 Å². The van der Waals surface area contributed by atoms with Crippen molar-refractivity contribution in [1.29, 1.82) is 0 Å². The lowest BCUT2D eigenvalue weighted by atomic mass is 10.2. The topological polar surface area (TPSA) is 113 Å². The normalized spacial score (nSPS) is 11.4. The Bertz CT molecular complexity index is 918. The van der Waals surface area contributed by atoms with Crippen molar-refractivity contribution < 1.29 is 13.2 Å². The van der Waals surface area contributed by atoms with E-state index < -0.39 is 10.0 Å². The molecule has 0 radical (unpaired) electrons. The highest BCUT2D eigenvalue weighted by Gasteiger charge is 2.13.